The van der Waals surface area contributed by atoms with Gasteiger partial charge in [-0.05, 0) is 39.0 Å². The van der Waals surface area contributed by atoms with Crippen molar-refractivity contribution in [2.75, 3.05) is 5.32 Å². The highest BCUT2D eigenvalue weighted by Gasteiger charge is 2.10. The van der Waals surface area contributed by atoms with Gasteiger partial charge >= 0.3 is 0 Å². The van der Waals surface area contributed by atoms with Gasteiger partial charge in [0.25, 0.3) is 5.69 Å². The Morgan fingerprint density at radius 3 is 2.84 bits per heavy atom. The van der Waals surface area contributed by atoms with E-state index in [1.54, 1.807) is 17.4 Å². The molecular formula is C12H8BrN3O2S. The zero-order chi connectivity index (χ0) is 13.8. The molecule has 1 heterocycles. The van der Waals surface area contributed by atoms with E-state index >= 15 is 0 Å². The number of nitro groups is 1. The molecule has 1 N–H and O–H groups in total. The maximum absolute atomic E-state index is 10.6. The quantitative estimate of drug-likeness (QED) is 0.677. The first kappa shape index (κ1) is 13.5. The topological polar surface area (TPSA) is 79.0 Å². The number of hydrogen-bond acceptors (Lipinski definition) is 5. The van der Waals surface area contributed by atoms with Crippen LogP contribution in [-0.4, -0.2) is 4.92 Å². The SMILES string of the molecule is N#Cc1cc([N+](=O)[O-])ccc1NCc1csc(Br)c1. The van der Waals surface area contributed by atoms with Crippen LogP contribution in [0.3, 0.4) is 0 Å². The van der Waals surface area contributed by atoms with Gasteiger partial charge in [0.1, 0.15) is 6.07 Å². The van der Waals surface area contributed by atoms with Crippen molar-refractivity contribution in [3.8, 4) is 6.07 Å². The Bertz CT molecular complexity index is 663. The molecule has 2 rings (SSSR count). The van der Waals surface area contributed by atoms with Gasteiger partial charge in [0.2, 0.25) is 0 Å². The third-order valence-electron chi connectivity index (χ3n) is 2.44. The van der Waals surface area contributed by atoms with Crippen LogP contribution >= 0.6 is 27.3 Å². The van der Waals surface area contributed by atoms with E-state index in [-0.39, 0.29) is 11.3 Å². The Kier molecular flexibility index (Phi) is 4.14. The molecule has 19 heavy (non-hydrogen) atoms. The molecule has 0 aliphatic heterocycles. The highest BCUT2D eigenvalue weighted by atomic mass is 79.9. The first-order valence-electron chi connectivity index (χ1n) is 5.25. The van der Waals surface area contributed by atoms with Gasteiger partial charge in [-0.1, -0.05) is 0 Å². The molecule has 0 aliphatic rings. The summed E-state index contributed by atoms with van der Waals surface area (Å²) < 4.78 is 1.04. The Hall–Kier alpha value is -1.91. The molecule has 0 radical (unpaired) electrons. The Morgan fingerprint density at radius 2 is 2.26 bits per heavy atom. The first-order valence-corrected chi connectivity index (χ1v) is 6.92. The minimum atomic E-state index is -0.513. The molecule has 0 saturated heterocycles. The summed E-state index contributed by atoms with van der Waals surface area (Å²) in [5.74, 6) is 0. The van der Waals surface area contributed by atoms with E-state index in [0.717, 1.165) is 9.35 Å². The molecule has 96 valence electrons. The summed E-state index contributed by atoms with van der Waals surface area (Å²) in [5, 5.41) is 24.7. The lowest BCUT2D eigenvalue weighted by Crippen LogP contribution is -2.01. The largest absolute Gasteiger partial charge is 0.380 e. The lowest BCUT2D eigenvalue weighted by atomic mass is 10.1. The monoisotopic (exact) mass is 337 g/mol. The molecule has 0 aliphatic carbocycles. The highest BCUT2D eigenvalue weighted by Crippen LogP contribution is 2.24. The molecule has 0 unspecified atom stereocenters. The van der Waals surface area contributed by atoms with Crippen molar-refractivity contribution in [1.82, 2.24) is 0 Å². The molecule has 2 aromatic rings. The lowest BCUT2D eigenvalue weighted by molar-refractivity contribution is -0.384. The fourth-order valence-corrected chi connectivity index (χ4v) is 2.74. The van der Waals surface area contributed by atoms with Crippen molar-refractivity contribution in [1.29, 1.82) is 5.26 Å². The number of nitriles is 1. The van der Waals surface area contributed by atoms with Gasteiger partial charge in [-0.15, -0.1) is 11.3 Å². The zero-order valence-corrected chi connectivity index (χ0v) is 12.0. The zero-order valence-electron chi connectivity index (χ0n) is 9.59. The van der Waals surface area contributed by atoms with E-state index < -0.39 is 4.92 Å². The maximum Gasteiger partial charge on any atom is 0.270 e. The van der Waals surface area contributed by atoms with Crippen LogP contribution < -0.4 is 5.32 Å². The minimum Gasteiger partial charge on any atom is -0.380 e. The smallest absolute Gasteiger partial charge is 0.270 e. The van der Waals surface area contributed by atoms with Gasteiger partial charge in [-0.25, -0.2) is 0 Å². The van der Waals surface area contributed by atoms with Crippen molar-refractivity contribution in [3.63, 3.8) is 0 Å². The first-order chi connectivity index (χ1) is 9.10. The molecule has 7 heteroatoms. The summed E-state index contributed by atoms with van der Waals surface area (Å²) in [6.45, 7) is 0.564. The molecule has 0 spiro atoms. The van der Waals surface area contributed by atoms with Crippen LogP contribution in [-0.2, 0) is 6.54 Å². The molecule has 5 nitrogen and oxygen atoms in total. The summed E-state index contributed by atoms with van der Waals surface area (Å²) in [4.78, 5) is 10.1. The van der Waals surface area contributed by atoms with Crippen molar-refractivity contribution in [2.24, 2.45) is 0 Å². The number of nitro benzene ring substituents is 1. The van der Waals surface area contributed by atoms with E-state index in [4.69, 9.17) is 5.26 Å². The maximum atomic E-state index is 10.6. The van der Waals surface area contributed by atoms with Crippen molar-refractivity contribution in [3.05, 3.63) is 54.7 Å². The summed E-state index contributed by atoms with van der Waals surface area (Å²) in [6.07, 6.45) is 0. The lowest BCUT2D eigenvalue weighted by Gasteiger charge is -2.06. The number of halogens is 1. The molecule has 1 aromatic heterocycles. The number of hydrogen-bond donors (Lipinski definition) is 1. The van der Waals surface area contributed by atoms with Crippen LogP contribution in [0.15, 0.2) is 33.4 Å². The molecular weight excluding hydrogens is 330 g/mol. The molecule has 0 fully saturated rings. The number of anilines is 1. The van der Waals surface area contributed by atoms with Gasteiger partial charge in [0, 0.05) is 18.7 Å². The van der Waals surface area contributed by atoms with Gasteiger partial charge in [-0.3, -0.25) is 10.1 Å². The van der Waals surface area contributed by atoms with Gasteiger partial charge < -0.3 is 5.32 Å². The summed E-state index contributed by atoms with van der Waals surface area (Å²) >= 11 is 4.95. The predicted molar refractivity (Wildman–Crippen MR) is 77.2 cm³/mol. The highest BCUT2D eigenvalue weighted by molar-refractivity contribution is 9.11. The van der Waals surface area contributed by atoms with Gasteiger partial charge in [-0.2, -0.15) is 5.26 Å². The average Bonchev–Trinajstić information content (AvgIpc) is 2.81. The second-order valence-electron chi connectivity index (χ2n) is 3.71. The number of thiophene rings is 1. The van der Waals surface area contributed by atoms with Crippen LogP contribution in [0.25, 0.3) is 0 Å². The number of non-ortho nitro benzene ring substituents is 1. The van der Waals surface area contributed by atoms with Gasteiger partial charge in [0.05, 0.1) is 20.0 Å². The van der Waals surface area contributed by atoms with E-state index in [0.29, 0.717) is 12.2 Å². The molecule has 0 saturated carbocycles. The molecule has 0 amide bonds. The van der Waals surface area contributed by atoms with E-state index in [9.17, 15) is 10.1 Å². The fraction of sp³-hybridized carbons (Fsp3) is 0.0833. The number of nitrogens with zero attached hydrogens (tertiary/aromatic N) is 2. The van der Waals surface area contributed by atoms with Crippen LogP contribution in [0.4, 0.5) is 11.4 Å². The van der Waals surface area contributed by atoms with E-state index in [2.05, 4.69) is 21.2 Å². The van der Waals surface area contributed by atoms with Crippen LogP contribution in [0.1, 0.15) is 11.1 Å². The second kappa shape index (κ2) is 5.82. The van der Waals surface area contributed by atoms with Gasteiger partial charge in [0.15, 0.2) is 0 Å². The fourth-order valence-electron chi connectivity index (χ4n) is 1.53. The van der Waals surface area contributed by atoms with Crippen molar-refractivity contribution >= 4 is 38.6 Å². The number of nitrogens with one attached hydrogen (secondary N) is 1. The van der Waals surface area contributed by atoms with E-state index in [1.165, 1.54) is 12.1 Å². The van der Waals surface area contributed by atoms with Crippen molar-refractivity contribution in [2.45, 2.75) is 6.54 Å². The minimum absolute atomic E-state index is 0.0830. The second-order valence-corrected chi connectivity index (χ2v) is 6.00. The summed E-state index contributed by atoms with van der Waals surface area (Å²) in [7, 11) is 0. The Balaban J connectivity index is 2.16. The normalized spacial score (nSPS) is 9.89. The predicted octanol–water partition coefficient (Wildman–Crippen LogP) is 3.90. The summed E-state index contributed by atoms with van der Waals surface area (Å²) in [5.41, 5.74) is 1.86. The van der Waals surface area contributed by atoms with Crippen LogP contribution in [0.2, 0.25) is 0 Å². The number of rotatable bonds is 4. The Labute approximate surface area is 121 Å². The molecule has 0 bridgehead atoms. The van der Waals surface area contributed by atoms with E-state index in [1.807, 2.05) is 17.5 Å². The van der Waals surface area contributed by atoms with Crippen LogP contribution in [0, 0.1) is 21.4 Å². The molecule has 0 atom stereocenters. The molecule has 1 aromatic carbocycles. The van der Waals surface area contributed by atoms with Crippen LogP contribution in [0.5, 0.6) is 0 Å². The standard InChI is InChI=1S/C12H8BrN3O2S/c13-12-3-8(7-19-12)6-15-11-2-1-10(16(17)18)4-9(11)5-14/h1-4,7,15H,6H2. The third kappa shape index (κ3) is 3.30. The van der Waals surface area contributed by atoms with Crippen molar-refractivity contribution < 1.29 is 4.92 Å². The Morgan fingerprint density at radius 1 is 1.47 bits per heavy atom. The average molecular weight is 338 g/mol. The third-order valence-corrected chi connectivity index (χ3v) is 3.99. The number of benzene rings is 1. The summed E-state index contributed by atoms with van der Waals surface area (Å²) in [6, 6.07) is 8.15.